The quantitative estimate of drug-likeness (QED) is 0.873. The Hall–Kier alpha value is -2.09. The molecule has 26 heavy (non-hydrogen) atoms. The van der Waals surface area contributed by atoms with Crippen molar-refractivity contribution in [3.8, 4) is 5.75 Å². The Morgan fingerprint density at radius 1 is 1.19 bits per heavy atom. The van der Waals surface area contributed by atoms with Crippen LogP contribution in [0.25, 0.3) is 0 Å². The topological polar surface area (TPSA) is 60.2 Å². The Balaban J connectivity index is 1.64. The number of aliphatic hydroxyl groups is 1. The summed E-state index contributed by atoms with van der Waals surface area (Å²) < 4.78 is 45.6. The molecule has 142 valence electrons. The van der Waals surface area contributed by atoms with E-state index in [-0.39, 0.29) is 24.9 Å². The van der Waals surface area contributed by atoms with E-state index in [1.54, 1.807) is 0 Å². The zero-order chi connectivity index (χ0) is 18.7. The number of ether oxygens (including phenoxy) is 1. The first-order valence-electron chi connectivity index (χ1n) is 8.67. The molecule has 1 aliphatic carbocycles. The molecule has 0 radical (unpaired) electrons. The molecular formula is C18H22F3N3O2. The van der Waals surface area contributed by atoms with E-state index < -0.39 is 11.7 Å². The van der Waals surface area contributed by atoms with Crippen molar-refractivity contribution in [2.24, 2.45) is 13.0 Å². The summed E-state index contributed by atoms with van der Waals surface area (Å²) in [4.78, 5) is 0. The fourth-order valence-corrected chi connectivity index (χ4v) is 3.37. The van der Waals surface area contributed by atoms with Crippen LogP contribution >= 0.6 is 0 Å². The van der Waals surface area contributed by atoms with Gasteiger partial charge in [0.2, 0.25) is 0 Å². The lowest BCUT2D eigenvalue weighted by molar-refractivity contribution is -0.137. The second kappa shape index (κ2) is 7.65. The SMILES string of the molecule is Cn1c(COc2cccc(C(F)(F)F)c2)nnc1[C@H]1CC[C@H](CO)CC1. The maximum absolute atomic E-state index is 12.8. The molecule has 1 N–H and O–H groups in total. The highest BCUT2D eigenvalue weighted by Gasteiger charge is 2.30. The van der Waals surface area contributed by atoms with Crippen LogP contribution in [0.3, 0.4) is 0 Å². The average molecular weight is 369 g/mol. The molecule has 1 saturated carbocycles. The van der Waals surface area contributed by atoms with Crippen molar-refractivity contribution in [2.75, 3.05) is 6.61 Å². The van der Waals surface area contributed by atoms with Gasteiger partial charge in [-0.3, -0.25) is 0 Å². The van der Waals surface area contributed by atoms with Gasteiger partial charge in [0.15, 0.2) is 5.82 Å². The van der Waals surface area contributed by atoms with Crippen LogP contribution in [0.15, 0.2) is 24.3 Å². The monoisotopic (exact) mass is 369 g/mol. The van der Waals surface area contributed by atoms with Gasteiger partial charge in [0.1, 0.15) is 18.2 Å². The van der Waals surface area contributed by atoms with E-state index in [1.807, 2.05) is 11.6 Å². The van der Waals surface area contributed by atoms with Crippen LogP contribution in [0.5, 0.6) is 5.75 Å². The van der Waals surface area contributed by atoms with E-state index in [1.165, 1.54) is 12.1 Å². The molecule has 1 fully saturated rings. The fourth-order valence-electron chi connectivity index (χ4n) is 3.37. The highest BCUT2D eigenvalue weighted by molar-refractivity contribution is 5.30. The van der Waals surface area contributed by atoms with E-state index >= 15 is 0 Å². The first kappa shape index (κ1) is 18.7. The molecule has 0 unspecified atom stereocenters. The Morgan fingerprint density at radius 2 is 1.92 bits per heavy atom. The molecule has 1 aromatic carbocycles. The molecule has 8 heteroatoms. The third-order valence-electron chi connectivity index (χ3n) is 5.00. The van der Waals surface area contributed by atoms with Crippen LogP contribution in [-0.4, -0.2) is 26.5 Å². The number of aliphatic hydroxyl groups excluding tert-OH is 1. The molecule has 1 heterocycles. The van der Waals surface area contributed by atoms with Gasteiger partial charge < -0.3 is 14.4 Å². The van der Waals surface area contributed by atoms with E-state index in [0.717, 1.165) is 43.6 Å². The summed E-state index contributed by atoms with van der Waals surface area (Å²) in [6.45, 7) is 0.276. The first-order chi connectivity index (χ1) is 12.4. The van der Waals surface area contributed by atoms with Crippen molar-refractivity contribution in [3.05, 3.63) is 41.5 Å². The summed E-state index contributed by atoms with van der Waals surface area (Å²) in [5, 5.41) is 17.6. The van der Waals surface area contributed by atoms with Crippen molar-refractivity contribution >= 4 is 0 Å². The van der Waals surface area contributed by atoms with Gasteiger partial charge in [0.25, 0.3) is 0 Å². The maximum atomic E-state index is 12.8. The Kier molecular flexibility index (Phi) is 5.50. The first-order valence-corrected chi connectivity index (χ1v) is 8.67. The number of hydrogen-bond acceptors (Lipinski definition) is 4. The molecular weight excluding hydrogens is 347 g/mol. The van der Waals surface area contributed by atoms with Gasteiger partial charge in [-0.2, -0.15) is 13.2 Å². The molecule has 0 bridgehead atoms. The van der Waals surface area contributed by atoms with Crippen LogP contribution in [0.4, 0.5) is 13.2 Å². The predicted molar refractivity (Wildman–Crippen MR) is 88.6 cm³/mol. The molecule has 0 atom stereocenters. The van der Waals surface area contributed by atoms with Crippen LogP contribution in [0, 0.1) is 5.92 Å². The number of halogens is 3. The maximum Gasteiger partial charge on any atom is 0.416 e. The zero-order valence-electron chi connectivity index (χ0n) is 14.5. The fraction of sp³-hybridized carbons (Fsp3) is 0.556. The van der Waals surface area contributed by atoms with Gasteiger partial charge in [0, 0.05) is 19.6 Å². The Morgan fingerprint density at radius 3 is 2.58 bits per heavy atom. The molecule has 0 spiro atoms. The second-order valence-corrected chi connectivity index (χ2v) is 6.75. The van der Waals surface area contributed by atoms with Gasteiger partial charge in [-0.05, 0) is 49.8 Å². The molecule has 5 nitrogen and oxygen atoms in total. The molecule has 0 aliphatic heterocycles. The van der Waals surface area contributed by atoms with Gasteiger partial charge in [-0.15, -0.1) is 10.2 Å². The summed E-state index contributed by atoms with van der Waals surface area (Å²) in [7, 11) is 1.85. The van der Waals surface area contributed by atoms with Crippen LogP contribution < -0.4 is 4.74 Å². The lowest BCUT2D eigenvalue weighted by Crippen LogP contribution is -2.18. The minimum Gasteiger partial charge on any atom is -0.486 e. The van der Waals surface area contributed by atoms with E-state index in [2.05, 4.69) is 10.2 Å². The predicted octanol–water partition coefficient (Wildman–Crippen LogP) is 3.68. The van der Waals surface area contributed by atoms with Gasteiger partial charge in [0.05, 0.1) is 5.56 Å². The van der Waals surface area contributed by atoms with E-state index in [4.69, 9.17) is 4.74 Å². The van der Waals surface area contributed by atoms with E-state index in [0.29, 0.717) is 11.7 Å². The number of rotatable bonds is 5. The lowest BCUT2D eigenvalue weighted by atomic mass is 9.82. The molecule has 2 aromatic rings. The smallest absolute Gasteiger partial charge is 0.416 e. The van der Waals surface area contributed by atoms with Crippen molar-refractivity contribution in [3.63, 3.8) is 0 Å². The van der Waals surface area contributed by atoms with Gasteiger partial charge in [-0.1, -0.05) is 6.07 Å². The van der Waals surface area contributed by atoms with Crippen molar-refractivity contribution in [2.45, 2.75) is 44.4 Å². The molecule has 3 rings (SSSR count). The van der Waals surface area contributed by atoms with Crippen LogP contribution in [0.2, 0.25) is 0 Å². The molecule has 1 aliphatic rings. The number of alkyl halides is 3. The van der Waals surface area contributed by atoms with E-state index in [9.17, 15) is 18.3 Å². The number of hydrogen-bond donors (Lipinski definition) is 1. The number of benzene rings is 1. The minimum atomic E-state index is -4.40. The summed E-state index contributed by atoms with van der Waals surface area (Å²) in [6.07, 6.45) is -0.573. The van der Waals surface area contributed by atoms with Crippen molar-refractivity contribution < 1.29 is 23.0 Å². The normalized spacial score (nSPS) is 21.0. The Bertz CT molecular complexity index is 738. The second-order valence-electron chi connectivity index (χ2n) is 6.75. The molecule has 1 aromatic heterocycles. The van der Waals surface area contributed by atoms with Crippen LogP contribution in [-0.2, 0) is 19.8 Å². The highest BCUT2D eigenvalue weighted by Crippen LogP contribution is 2.35. The Labute approximate surface area is 149 Å². The number of aromatic nitrogens is 3. The summed E-state index contributed by atoms with van der Waals surface area (Å²) in [5.74, 6) is 2.24. The highest BCUT2D eigenvalue weighted by atomic mass is 19.4. The molecule has 0 amide bonds. The third-order valence-corrected chi connectivity index (χ3v) is 5.00. The summed E-state index contributed by atoms with van der Waals surface area (Å²) in [5.41, 5.74) is -0.741. The van der Waals surface area contributed by atoms with Crippen molar-refractivity contribution in [1.29, 1.82) is 0 Å². The van der Waals surface area contributed by atoms with Crippen LogP contribution in [0.1, 0.15) is 48.8 Å². The zero-order valence-corrected chi connectivity index (χ0v) is 14.5. The largest absolute Gasteiger partial charge is 0.486 e. The van der Waals surface area contributed by atoms with Gasteiger partial charge >= 0.3 is 6.18 Å². The average Bonchev–Trinajstić information content (AvgIpc) is 3.00. The number of nitrogens with zero attached hydrogens (tertiary/aromatic N) is 3. The van der Waals surface area contributed by atoms with Gasteiger partial charge in [-0.25, -0.2) is 0 Å². The third kappa shape index (κ3) is 4.17. The minimum absolute atomic E-state index is 0.0524. The standard InChI is InChI=1S/C18H22F3N3O2/c1-24-16(11-26-15-4-2-3-14(9-15)18(19,20)21)22-23-17(24)13-7-5-12(10-25)6-8-13/h2-4,9,12-13,25H,5-8,10-11H2,1H3/t12-,13-. The molecule has 0 saturated heterocycles. The van der Waals surface area contributed by atoms with Crippen molar-refractivity contribution in [1.82, 2.24) is 14.8 Å². The lowest BCUT2D eigenvalue weighted by Gasteiger charge is -2.26. The summed E-state index contributed by atoms with van der Waals surface area (Å²) >= 11 is 0. The summed E-state index contributed by atoms with van der Waals surface area (Å²) in [6, 6.07) is 4.80.